The molecule has 1 saturated heterocycles. The fourth-order valence-corrected chi connectivity index (χ4v) is 10.7. The lowest BCUT2D eigenvalue weighted by Gasteiger charge is -2.46. The van der Waals surface area contributed by atoms with Gasteiger partial charge in [0.2, 0.25) is 0 Å². The quantitative estimate of drug-likeness (QED) is 0.0369. The summed E-state index contributed by atoms with van der Waals surface area (Å²) in [5.41, 5.74) is 5.96. The van der Waals surface area contributed by atoms with E-state index in [4.69, 9.17) is 43.5 Å². The van der Waals surface area contributed by atoms with Gasteiger partial charge in [-0.3, -0.25) is 0 Å². The zero-order chi connectivity index (χ0) is 56.4. The van der Waals surface area contributed by atoms with Crippen LogP contribution in [0.25, 0.3) is 0 Å². The van der Waals surface area contributed by atoms with Crippen molar-refractivity contribution in [3.05, 3.63) is 191 Å². The molecule has 12 nitrogen and oxygen atoms in total. The van der Waals surface area contributed by atoms with Crippen molar-refractivity contribution in [3.8, 4) is 0 Å². The van der Waals surface area contributed by atoms with Gasteiger partial charge in [0, 0.05) is 6.20 Å². The Morgan fingerprint density at radius 1 is 0.506 bits per heavy atom. The Morgan fingerprint density at radius 2 is 0.951 bits per heavy atom. The van der Waals surface area contributed by atoms with Crippen LogP contribution in [0.3, 0.4) is 0 Å². The van der Waals surface area contributed by atoms with Crippen molar-refractivity contribution in [2.24, 2.45) is 0 Å². The number of rotatable bonds is 42. The van der Waals surface area contributed by atoms with Crippen molar-refractivity contribution in [2.45, 2.75) is 205 Å². The minimum Gasteiger partial charge on any atom is -0.390 e. The van der Waals surface area contributed by atoms with Crippen molar-refractivity contribution in [3.63, 3.8) is 0 Å². The Balaban J connectivity index is 1.12. The number of ether oxygens (including phenoxy) is 7. The lowest BCUT2D eigenvalue weighted by molar-refractivity contribution is -0.331. The fraction of sp³-hybridized carbons (Fsp3) is 0.536. The summed E-state index contributed by atoms with van der Waals surface area (Å²) in [6, 6.07) is 50.0. The Bertz CT molecular complexity index is 2460. The van der Waals surface area contributed by atoms with Gasteiger partial charge in [-0.15, -0.1) is 5.10 Å². The van der Waals surface area contributed by atoms with Crippen LogP contribution >= 0.6 is 0 Å². The van der Waals surface area contributed by atoms with Crippen LogP contribution in [-0.4, -0.2) is 101 Å². The first-order valence-electron chi connectivity index (χ1n) is 30.8. The van der Waals surface area contributed by atoms with Gasteiger partial charge >= 0.3 is 0 Å². The molecule has 0 bridgehead atoms. The van der Waals surface area contributed by atoms with Gasteiger partial charge in [-0.2, -0.15) is 0 Å². The summed E-state index contributed by atoms with van der Waals surface area (Å²) in [5.74, 6) is 0. The first kappa shape index (κ1) is 63.5. The highest BCUT2D eigenvalue weighted by molar-refractivity contribution is 5.17. The van der Waals surface area contributed by atoms with Crippen molar-refractivity contribution in [2.75, 3.05) is 32.8 Å². The molecule has 81 heavy (non-hydrogen) atoms. The van der Waals surface area contributed by atoms with Crippen LogP contribution in [0.4, 0.5) is 0 Å². The Labute approximate surface area is 485 Å². The average Bonchev–Trinajstić information content (AvgIpc) is 4.12. The zero-order valence-corrected chi connectivity index (χ0v) is 49.1. The molecule has 2 heterocycles. The second-order valence-electron chi connectivity index (χ2n) is 22.0. The van der Waals surface area contributed by atoms with Gasteiger partial charge in [-0.05, 0) is 86.0 Å². The van der Waals surface area contributed by atoms with E-state index in [-0.39, 0.29) is 26.4 Å². The summed E-state index contributed by atoms with van der Waals surface area (Å²) in [6.45, 7) is 11.9. The maximum atomic E-state index is 11.9. The van der Waals surface area contributed by atoms with Gasteiger partial charge in [0.1, 0.15) is 36.6 Å². The van der Waals surface area contributed by atoms with Crippen molar-refractivity contribution in [1.82, 2.24) is 19.9 Å². The van der Waals surface area contributed by atoms with Crippen molar-refractivity contribution >= 4 is 0 Å². The van der Waals surface area contributed by atoms with E-state index >= 15 is 0 Å². The topological polar surface area (TPSA) is 119 Å². The van der Waals surface area contributed by atoms with Gasteiger partial charge < -0.3 is 43.2 Å². The summed E-state index contributed by atoms with van der Waals surface area (Å²) >= 11 is 0. The number of benzene rings is 5. The van der Waals surface area contributed by atoms with E-state index in [0.29, 0.717) is 26.2 Å². The third-order valence-electron chi connectivity index (χ3n) is 15.4. The summed E-state index contributed by atoms with van der Waals surface area (Å²) in [5, 5.41) is 21.5. The summed E-state index contributed by atoms with van der Waals surface area (Å²) in [6.07, 6.45) is 15.7. The molecule has 0 spiro atoms. The van der Waals surface area contributed by atoms with E-state index in [1.54, 1.807) is 0 Å². The van der Waals surface area contributed by atoms with Gasteiger partial charge in [-0.25, -0.2) is 4.68 Å². The predicted molar refractivity (Wildman–Crippen MR) is 322 cm³/mol. The van der Waals surface area contributed by atoms with E-state index in [0.717, 1.165) is 52.8 Å². The summed E-state index contributed by atoms with van der Waals surface area (Å²) < 4.78 is 50.4. The highest BCUT2D eigenvalue weighted by Gasteiger charge is 2.50. The molecule has 12 heteroatoms. The minimum atomic E-state index is -0.978. The number of aryl methyl sites for hydroxylation is 1. The van der Waals surface area contributed by atoms with Gasteiger partial charge in [0.15, 0.2) is 6.29 Å². The van der Waals surface area contributed by atoms with E-state index in [2.05, 4.69) is 55.1 Å². The van der Waals surface area contributed by atoms with E-state index < -0.39 is 49.0 Å². The number of nitrogens with zero attached hydrogens (tertiary/aromatic N) is 4. The molecule has 8 atom stereocenters. The molecular formula is C69H96N4O8. The molecule has 1 aromatic heterocycles. The second kappa shape index (κ2) is 37.9. The molecule has 5 aromatic carbocycles. The fourth-order valence-electron chi connectivity index (χ4n) is 10.7. The van der Waals surface area contributed by atoms with Crippen LogP contribution < -0.4 is 0 Å². The standard InChI is InChI=1S/C69H96N4O8/c1-4-7-9-12-31-45-72(46-32-13-10-8-5-2)47-33-14-11-30-44-61-48-73(71-70-61)62(65(63(74)6-3)76-50-57-36-22-16-23-37-57)54-80-69-68(79-53-60-42-28-19-29-43-60)67(78-52-59-40-26-18-27-41-59)66(77-51-58-38-24-17-25-39-58)64(81-69)55-75-49-56-34-20-15-21-35-56/h15-29,34-43,48,62-69,74H,4-14,30-33,44-47,49-55H2,1-3H3/t62-,63+,64?,65-,66?,67?,68?,69?/m0/s1. The highest BCUT2D eigenvalue weighted by Crippen LogP contribution is 2.33. The van der Waals surface area contributed by atoms with Crippen LogP contribution in [0.2, 0.25) is 0 Å². The molecule has 440 valence electrons. The molecule has 1 fully saturated rings. The molecule has 7 rings (SSSR count). The van der Waals surface area contributed by atoms with Crippen LogP contribution in [0.15, 0.2) is 158 Å². The lowest BCUT2D eigenvalue weighted by Crippen LogP contribution is -2.62. The van der Waals surface area contributed by atoms with E-state index in [1.807, 2.05) is 133 Å². The van der Waals surface area contributed by atoms with Crippen molar-refractivity contribution < 1.29 is 38.3 Å². The summed E-state index contributed by atoms with van der Waals surface area (Å²) in [7, 11) is 0. The molecule has 0 saturated carbocycles. The Hall–Kier alpha value is -5.12. The van der Waals surface area contributed by atoms with Crippen molar-refractivity contribution in [1.29, 1.82) is 0 Å². The molecule has 1 N–H and O–H groups in total. The van der Waals surface area contributed by atoms with Gasteiger partial charge in [0.05, 0.1) is 58.0 Å². The molecule has 1 aliphatic heterocycles. The lowest BCUT2D eigenvalue weighted by atomic mass is 9.97. The van der Waals surface area contributed by atoms with Gasteiger partial charge in [-0.1, -0.05) is 242 Å². The smallest absolute Gasteiger partial charge is 0.187 e. The van der Waals surface area contributed by atoms with Gasteiger partial charge in [0.25, 0.3) is 0 Å². The van der Waals surface area contributed by atoms with E-state index in [1.165, 1.54) is 96.7 Å². The van der Waals surface area contributed by atoms with E-state index in [9.17, 15) is 5.11 Å². The van der Waals surface area contributed by atoms with Crippen LogP contribution in [0.5, 0.6) is 0 Å². The maximum absolute atomic E-state index is 11.9. The molecule has 5 unspecified atom stereocenters. The average molecular weight is 1110 g/mol. The highest BCUT2D eigenvalue weighted by atomic mass is 16.7. The SMILES string of the molecule is CCCCCCCN(CCCCCCC)CCCCCCc1cn([C@@H](COC2OC(COCc3ccccc3)C(OCc3ccccc3)C(OCc3ccccc3)C2OCc2ccccc2)[C@H](OCc2ccccc2)[C@H](O)CC)nn1. The molecule has 0 radical (unpaired) electrons. The first-order valence-corrected chi connectivity index (χ1v) is 30.8. The molecule has 0 amide bonds. The monoisotopic (exact) mass is 1110 g/mol. The third kappa shape index (κ3) is 22.9. The second-order valence-corrected chi connectivity index (χ2v) is 22.0. The number of aliphatic hydroxyl groups excluding tert-OH is 1. The van der Waals surface area contributed by atoms with Crippen LogP contribution in [-0.2, 0) is 72.6 Å². The molecule has 0 aliphatic carbocycles. The number of hydrogen-bond donors (Lipinski definition) is 1. The largest absolute Gasteiger partial charge is 0.390 e. The number of hydrogen-bond acceptors (Lipinski definition) is 11. The number of aliphatic hydroxyl groups is 1. The first-order chi connectivity index (χ1) is 40.0. The Morgan fingerprint density at radius 3 is 1.44 bits per heavy atom. The Kier molecular flexibility index (Phi) is 29.7. The molecular weight excluding hydrogens is 1010 g/mol. The zero-order valence-electron chi connectivity index (χ0n) is 49.1. The van der Waals surface area contributed by atoms with Crippen LogP contribution in [0, 0.1) is 0 Å². The minimum absolute atomic E-state index is 0.0431. The van der Waals surface area contributed by atoms with Crippen LogP contribution in [0.1, 0.15) is 157 Å². The predicted octanol–water partition coefficient (Wildman–Crippen LogP) is 14.2. The third-order valence-corrected chi connectivity index (χ3v) is 15.4. The number of unbranched alkanes of at least 4 members (excludes halogenated alkanes) is 11. The summed E-state index contributed by atoms with van der Waals surface area (Å²) in [4.78, 5) is 2.73. The molecule has 1 aliphatic rings. The number of aromatic nitrogens is 3. The molecule has 6 aromatic rings. The maximum Gasteiger partial charge on any atom is 0.187 e. The normalized spacial score (nSPS) is 18.5.